The maximum absolute atomic E-state index is 9.43. The van der Waals surface area contributed by atoms with Crippen molar-refractivity contribution >= 4 is 0 Å². The summed E-state index contributed by atoms with van der Waals surface area (Å²) in [6.07, 6.45) is 10.3. The molecule has 0 spiro atoms. The maximum atomic E-state index is 9.43. The molecule has 4 unspecified atom stereocenters. The van der Waals surface area contributed by atoms with Gasteiger partial charge in [-0.1, -0.05) is 26.7 Å². The fourth-order valence-corrected chi connectivity index (χ4v) is 4.02. The molecule has 0 aromatic heterocycles. The Morgan fingerprint density at radius 2 is 1.94 bits per heavy atom. The molecular formula is C16H28N2. The van der Waals surface area contributed by atoms with E-state index in [0.29, 0.717) is 12.0 Å². The van der Waals surface area contributed by atoms with Crippen molar-refractivity contribution in [2.75, 3.05) is 6.54 Å². The Morgan fingerprint density at radius 1 is 1.11 bits per heavy atom. The van der Waals surface area contributed by atoms with Crippen LogP contribution in [0.4, 0.5) is 0 Å². The SMILES string of the molecule is CCC1CCC(C#N)C(N2CCCCC2CC)C1. The summed E-state index contributed by atoms with van der Waals surface area (Å²) in [6.45, 7) is 5.85. The molecule has 1 saturated carbocycles. The van der Waals surface area contributed by atoms with E-state index in [1.807, 2.05) is 0 Å². The molecule has 1 aliphatic carbocycles. The Kier molecular flexibility index (Phi) is 5.06. The minimum Gasteiger partial charge on any atom is -0.296 e. The normalized spacial score (nSPS) is 38.3. The van der Waals surface area contributed by atoms with Crippen LogP contribution in [0.3, 0.4) is 0 Å². The molecule has 0 radical (unpaired) electrons. The van der Waals surface area contributed by atoms with Crippen LogP contribution in [-0.2, 0) is 0 Å². The quantitative estimate of drug-likeness (QED) is 0.755. The predicted molar refractivity (Wildman–Crippen MR) is 75.2 cm³/mol. The van der Waals surface area contributed by atoms with Crippen molar-refractivity contribution in [1.29, 1.82) is 5.26 Å². The molecule has 2 rings (SSSR count). The first-order valence-corrected chi connectivity index (χ1v) is 7.95. The average Bonchev–Trinajstić information content (AvgIpc) is 2.46. The van der Waals surface area contributed by atoms with E-state index in [9.17, 15) is 5.26 Å². The second-order valence-corrected chi connectivity index (χ2v) is 6.19. The van der Waals surface area contributed by atoms with Gasteiger partial charge in [-0.15, -0.1) is 0 Å². The van der Waals surface area contributed by atoms with Gasteiger partial charge in [0.1, 0.15) is 0 Å². The van der Waals surface area contributed by atoms with Crippen LogP contribution < -0.4 is 0 Å². The number of nitriles is 1. The second-order valence-electron chi connectivity index (χ2n) is 6.19. The van der Waals surface area contributed by atoms with Crippen molar-refractivity contribution in [1.82, 2.24) is 4.90 Å². The lowest BCUT2D eigenvalue weighted by Crippen LogP contribution is -2.51. The summed E-state index contributed by atoms with van der Waals surface area (Å²) in [5.41, 5.74) is 0. The van der Waals surface area contributed by atoms with E-state index < -0.39 is 0 Å². The van der Waals surface area contributed by atoms with E-state index in [1.54, 1.807) is 0 Å². The lowest BCUT2D eigenvalue weighted by atomic mass is 9.76. The van der Waals surface area contributed by atoms with E-state index in [4.69, 9.17) is 0 Å². The van der Waals surface area contributed by atoms with Crippen LogP contribution in [0.25, 0.3) is 0 Å². The molecule has 102 valence electrons. The molecule has 4 atom stereocenters. The van der Waals surface area contributed by atoms with Crippen molar-refractivity contribution in [3.05, 3.63) is 0 Å². The topological polar surface area (TPSA) is 27.0 Å². The molecule has 1 heterocycles. The number of hydrogen-bond acceptors (Lipinski definition) is 2. The number of likely N-dealkylation sites (tertiary alicyclic amines) is 1. The van der Waals surface area contributed by atoms with Gasteiger partial charge in [0.05, 0.1) is 12.0 Å². The van der Waals surface area contributed by atoms with Crippen LogP contribution in [0.1, 0.15) is 65.2 Å². The van der Waals surface area contributed by atoms with Gasteiger partial charge in [-0.05, 0) is 51.0 Å². The summed E-state index contributed by atoms with van der Waals surface area (Å²) >= 11 is 0. The molecule has 2 nitrogen and oxygen atoms in total. The summed E-state index contributed by atoms with van der Waals surface area (Å²) in [7, 11) is 0. The van der Waals surface area contributed by atoms with Gasteiger partial charge in [-0.25, -0.2) is 0 Å². The molecule has 0 aromatic carbocycles. The monoisotopic (exact) mass is 248 g/mol. The van der Waals surface area contributed by atoms with Crippen molar-refractivity contribution in [3.63, 3.8) is 0 Å². The first kappa shape index (κ1) is 13.9. The van der Waals surface area contributed by atoms with E-state index in [0.717, 1.165) is 18.4 Å². The number of hydrogen-bond donors (Lipinski definition) is 0. The van der Waals surface area contributed by atoms with Crippen molar-refractivity contribution in [3.8, 4) is 6.07 Å². The highest BCUT2D eigenvalue weighted by atomic mass is 15.2. The summed E-state index contributed by atoms with van der Waals surface area (Å²) in [4.78, 5) is 2.71. The van der Waals surface area contributed by atoms with Crippen molar-refractivity contribution in [2.24, 2.45) is 11.8 Å². The third-order valence-corrected chi connectivity index (χ3v) is 5.24. The minimum absolute atomic E-state index is 0.292. The van der Waals surface area contributed by atoms with Gasteiger partial charge in [-0.2, -0.15) is 5.26 Å². The van der Waals surface area contributed by atoms with Crippen LogP contribution in [-0.4, -0.2) is 23.5 Å². The zero-order chi connectivity index (χ0) is 13.0. The predicted octanol–water partition coefficient (Wildman–Crippen LogP) is 3.97. The van der Waals surface area contributed by atoms with Crippen LogP contribution in [0.2, 0.25) is 0 Å². The van der Waals surface area contributed by atoms with Crippen LogP contribution >= 0.6 is 0 Å². The highest BCUT2D eigenvalue weighted by Gasteiger charge is 2.37. The third kappa shape index (κ3) is 2.88. The van der Waals surface area contributed by atoms with Gasteiger partial charge in [0.25, 0.3) is 0 Å². The standard InChI is InChI=1S/C16H28N2/c1-3-13-8-9-14(12-17)16(11-13)18-10-6-5-7-15(18)4-2/h13-16H,3-11H2,1-2H3. The summed E-state index contributed by atoms with van der Waals surface area (Å²) in [6, 6.07) is 3.90. The Morgan fingerprint density at radius 3 is 2.61 bits per heavy atom. The van der Waals surface area contributed by atoms with Crippen molar-refractivity contribution < 1.29 is 0 Å². The molecule has 1 aliphatic heterocycles. The van der Waals surface area contributed by atoms with Gasteiger partial charge >= 0.3 is 0 Å². The maximum Gasteiger partial charge on any atom is 0.0672 e. The number of nitrogens with zero attached hydrogens (tertiary/aromatic N) is 2. The molecule has 0 bridgehead atoms. The molecule has 0 amide bonds. The molecule has 2 fully saturated rings. The lowest BCUT2D eigenvalue weighted by molar-refractivity contribution is 0.0362. The van der Waals surface area contributed by atoms with Gasteiger partial charge in [-0.3, -0.25) is 4.90 Å². The van der Waals surface area contributed by atoms with E-state index in [2.05, 4.69) is 24.8 Å². The van der Waals surface area contributed by atoms with Crippen molar-refractivity contribution in [2.45, 2.75) is 77.3 Å². The largest absolute Gasteiger partial charge is 0.296 e. The summed E-state index contributed by atoms with van der Waals surface area (Å²) < 4.78 is 0. The lowest BCUT2D eigenvalue weighted by Gasteiger charge is -2.46. The molecule has 0 N–H and O–H groups in total. The highest BCUT2D eigenvalue weighted by molar-refractivity contribution is 4.99. The Labute approximate surface area is 112 Å². The zero-order valence-electron chi connectivity index (χ0n) is 12.1. The van der Waals surface area contributed by atoms with E-state index in [1.165, 1.54) is 51.5 Å². The fraction of sp³-hybridized carbons (Fsp3) is 0.938. The summed E-state index contributed by atoms with van der Waals surface area (Å²) in [5, 5.41) is 9.43. The number of rotatable bonds is 3. The van der Waals surface area contributed by atoms with Gasteiger partial charge in [0.2, 0.25) is 0 Å². The Hall–Kier alpha value is -0.550. The van der Waals surface area contributed by atoms with Gasteiger partial charge < -0.3 is 0 Å². The molecule has 0 aromatic rings. The number of piperidine rings is 1. The third-order valence-electron chi connectivity index (χ3n) is 5.24. The highest BCUT2D eigenvalue weighted by Crippen LogP contribution is 2.36. The molecule has 18 heavy (non-hydrogen) atoms. The zero-order valence-corrected chi connectivity index (χ0v) is 12.1. The first-order valence-electron chi connectivity index (χ1n) is 7.95. The van der Waals surface area contributed by atoms with E-state index in [-0.39, 0.29) is 0 Å². The second kappa shape index (κ2) is 6.57. The van der Waals surface area contributed by atoms with Crippen LogP contribution in [0.5, 0.6) is 0 Å². The smallest absolute Gasteiger partial charge is 0.0672 e. The molecule has 2 aliphatic rings. The molecule has 1 saturated heterocycles. The van der Waals surface area contributed by atoms with Gasteiger partial charge in [0, 0.05) is 12.1 Å². The van der Waals surface area contributed by atoms with Gasteiger partial charge in [0.15, 0.2) is 0 Å². The molecule has 2 heteroatoms. The fourth-order valence-electron chi connectivity index (χ4n) is 4.02. The minimum atomic E-state index is 0.292. The van der Waals surface area contributed by atoms with E-state index >= 15 is 0 Å². The Balaban J connectivity index is 2.08. The first-order chi connectivity index (χ1) is 8.80. The molecular weight excluding hydrogens is 220 g/mol. The average molecular weight is 248 g/mol. The summed E-state index contributed by atoms with van der Waals surface area (Å²) in [5.74, 6) is 1.15. The van der Waals surface area contributed by atoms with Crippen LogP contribution in [0.15, 0.2) is 0 Å². The van der Waals surface area contributed by atoms with Crippen LogP contribution in [0, 0.1) is 23.2 Å². The Bertz CT molecular complexity index is 294.